The van der Waals surface area contributed by atoms with Gasteiger partial charge in [-0.1, -0.05) is 26.3 Å². The summed E-state index contributed by atoms with van der Waals surface area (Å²) in [6, 6.07) is 2.18. The molecule has 0 bridgehead atoms. The molecule has 0 aliphatic heterocycles. The van der Waals surface area contributed by atoms with Crippen LogP contribution in [0.3, 0.4) is 0 Å². The van der Waals surface area contributed by atoms with Gasteiger partial charge in [0.2, 0.25) is 0 Å². The quantitative estimate of drug-likeness (QED) is 0.802. The van der Waals surface area contributed by atoms with Crippen LogP contribution in [0.5, 0.6) is 0 Å². The topological polar surface area (TPSA) is 12.0 Å². The molecule has 0 radical (unpaired) electrons. The van der Waals surface area contributed by atoms with E-state index in [0.717, 1.165) is 13.1 Å². The first-order chi connectivity index (χ1) is 7.15. The predicted molar refractivity (Wildman–Crippen MR) is 70.4 cm³/mol. The Morgan fingerprint density at radius 2 is 2.27 bits per heavy atom. The van der Waals surface area contributed by atoms with Crippen LogP contribution in [0.4, 0.5) is 0 Å². The number of nitrogens with one attached hydrogen (secondary N) is 1. The number of likely N-dealkylation sites (N-methyl/N-ethyl adjacent to an activating group) is 1. The summed E-state index contributed by atoms with van der Waals surface area (Å²) >= 11 is 1.82. The molecule has 0 saturated carbocycles. The van der Waals surface area contributed by atoms with Gasteiger partial charge >= 0.3 is 0 Å². The summed E-state index contributed by atoms with van der Waals surface area (Å²) in [5, 5.41) is 5.56. The van der Waals surface area contributed by atoms with Crippen molar-refractivity contribution in [3.05, 3.63) is 27.5 Å². The number of thiophene rings is 1. The zero-order valence-corrected chi connectivity index (χ0v) is 10.9. The van der Waals surface area contributed by atoms with Gasteiger partial charge in [0.1, 0.15) is 0 Å². The maximum atomic E-state index is 3.40. The monoisotopic (exact) mass is 223 g/mol. The average Bonchev–Trinajstić information content (AvgIpc) is 2.58. The van der Waals surface area contributed by atoms with E-state index in [2.05, 4.69) is 50.5 Å². The Bertz CT molecular complexity index is 323. The molecule has 1 N–H and O–H groups in total. The lowest BCUT2D eigenvalue weighted by molar-refractivity contribution is 0.683. The highest BCUT2D eigenvalue weighted by molar-refractivity contribution is 7.11. The van der Waals surface area contributed by atoms with Gasteiger partial charge < -0.3 is 5.32 Å². The van der Waals surface area contributed by atoms with Gasteiger partial charge in [-0.3, -0.25) is 0 Å². The minimum absolute atomic E-state index is 0.616. The number of hydrogen-bond acceptors (Lipinski definition) is 2. The third-order valence-corrected chi connectivity index (χ3v) is 3.50. The van der Waals surface area contributed by atoms with Gasteiger partial charge in [-0.25, -0.2) is 0 Å². The third-order valence-electron chi connectivity index (χ3n) is 2.54. The summed E-state index contributed by atoms with van der Waals surface area (Å²) in [6.07, 6.45) is 2.34. The van der Waals surface area contributed by atoms with Gasteiger partial charge in [0, 0.05) is 11.4 Å². The Morgan fingerprint density at radius 3 is 2.73 bits per heavy atom. The first-order valence-corrected chi connectivity index (χ1v) is 6.48. The SMILES string of the molecule is CCNCC(=Cc1sccc1C)C(C)C. The van der Waals surface area contributed by atoms with Gasteiger partial charge in [-0.2, -0.15) is 0 Å². The molecule has 0 amide bonds. The molecule has 0 fully saturated rings. The highest BCUT2D eigenvalue weighted by atomic mass is 32.1. The molecule has 0 aliphatic carbocycles. The molecule has 1 nitrogen and oxygen atoms in total. The van der Waals surface area contributed by atoms with Crippen molar-refractivity contribution in [1.82, 2.24) is 5.32 Å². The second kappa shape index (κ2) is 6.09. The number of rotatable bonds is 5. The van der Waals surface area contributed by atoms with Crippen LogP contribution in [0.25, 0.3) is 6.08 Å². The molecule has 0 saturated heterocycles. The van der Waals surface area contributed by atoms with Crippen molar-refractivity contribution in [3.8, 4) is 0 Å². The molecule has 15 heavy (non-hydrogen) atoms. The molecule has 1 heterocycles. The van der Waals surface area contributed by atoms with Crippen molar-refractivity contribution < 1.29 is 0 Å². The van der Waals surface area contributed by atoms with E-state index in [1.807, 2.05) is 11.3 Å². The molecular formula is C13H21NS. The molecule has 0 unspecified atom stereocenters. The van der Waals surface area contributed by atoms with Crippen molar-refractivity contribution >= 4 is 17.4 Å². The zero-order valence-electron chi connectivity index (χ0n) is 10.1. The van der Waals surface area contributed by atoms with E-state index < -0.39 is 0 Å². The van der Waals surface area contributed by atoms with Crippen LogP contribution < -0.4 is 5.32 Å². The second-order valence-electron chi connectivity index (χ2n) is 4.12. The third kappa shape index (κ3) is 3.80. The molecule has 0 spiro atoms. The van der Waals surface area contributed by atoms with Gasteiger partial charge in [0.15, 0.2) is 0 Å². The maximum Gasteiger partial charge on any atom is 0.0299 e. The van der Waals surface area contributed by atoms with Crippen LogP contribution in [-0.2, 0) is 0 Å². The second-order valence-corrected chi connectivity index (χ2v) is 5.07. The van der Waals surface area contributed by atoms with Crippen molar-refractivity contribution in [2.45, 2.75) is 27.7 Å². The van der Waals surface area contributed by atoms with E-state index in [9.17, 15) is 0 Å². The summed E-state index contributed by atoms with van der Waals surface area (Å²) in [5.41, 5.74) is 2.87. The molecule has 2 heteroatoms. The highest BCUT2D eigenvalue weighted by Crippen LogP contribution is 2.21. The van der Waals surface area contributed by atoms with Crippen LogP contribution in [0.2, 0.25) is 0 Å². The summed E-state index contributed by atoms with van der Waals surface area (Å²) in [7, 11) is 0. The Labute approximate surface area is 97.2 Å². The largest absolute Gasteiger partial charge is 0.313 e. The molecule has 0 aromatic carbocycles. The van der Waals surface area contributed by atoms with Crippen LogP contribution in [-0.4, -0.2) is 13.1 Å². The van der Waals surface area contributed by atoms with Gasteiger partial charge in [0.05, 0.1) is 0 Å². The minimum atomic E-state index is 0.616. The molecule has 1 aromatic heterocycles. The van der Waals surface area contributed by atoms with Crippen LogP contribution in [0.15, 0.2) is 17.0 Å². The Balaban J connectivity index is 2.79. The molecule has 1 aromatic rings. The van der Waals surface area contributed by atoms with E-state index >= 15 is 0 Å². The first kappa shape index (κ1) is 12.5. The van der Waals surface area contributed by atoms with Gasteiger partial charge in [-0.05, 0) is 42.5 Å². The molecule has 84 valence electrons. The summed E-state index contributed by atoms with van der Waals surface area (Å²) < 4.78 is 0. The smallest absolute Gasteiger partial charge is 0.0299 e. The number of aryl methyl sites for hydroxylation is 1. The fourth-order valence-electron chi connectivity index (χ4n) is 1.39. The number of hydrogen-bond donors (Lipinski definition) is 1. The van der Waals surface area contributed by atoms with Crippen molar-refractivity contribution in [2.75, 3.05) is 13.1 Å². The van der Waals surface area contributed by atoms with Crippen molar-refractivity contribution in [2.24, 2.45) is 5.92 Å². The van der Waals surface area contributed by atoms with Crippen molar-refractivity contribution in [1.29, 1.82) is 0 Å². The fraction of sp³-hybridized carbons (Fsp3) is 0.538. The Morgan fingerprint density at radius 1 is 1.53 bits per heavy atom. The van der Waals surface area contributed by atoms with E-state index in [4.69, 9.17) is 0 Å². The lowest BCUT2D eigenvalue weighted by Crippen LogP contribution is -2.18. The molecule has 1 rings (SSSR count). The van der Waals surface area contributed by atoms with E-state index in [-0.39, 0.29) is 0 Å². The van der Waals surface area contributed by atoms with Crippen LogP contribution >= 0.6 is 11.3 Å². The maximum absolute atomic E-state index is 3.40. The van der Waals surface area contributed by atoms with Crippen molar-refractivity contribution in [3.63, 3.8) is 0 Å². The van der Waals surface area contributed by atoms with Gasteiger partial charge in [0.25, 0.3) is 0 Å². The fourth-order valence-corrected chi connectivity index (χ4v) is 2.28. The normalized spacial score (nSPS) is 12.5. The van der Waals surface area contributed by atoms with Crippen LogP contribution in [0.1, 0.15) is 31.2 Å². The standard InChI is InChI=1S/C13H21NS/c1-5-14-9-12(10(2)3)8-13-11(4)6-7-15-13/h6-8,10,14H,5,9H2,1-4H3. The van der Waals surface area contributed by atoms with E-state index in [1.54, 1.807) is 0 Å². The summed E-state index contributed by atoms with van der Waals surface area (Å²) in [5.74, 6) is 0.616. The van der Waals surface area contributed by atoms with Gasteiger partial charge in [-0.15, -0.1) is 11.3 Å². The Hall–Kier alpha value is -0.600. The van der Waals surface area contributed by atoms with E-state index in [1.165, 1.54) is 16.0 Å². The lowest BCUT2D eigenvalue weighted by Gasteiger charge is -2.11. The molecule has 0 aliphatic rings. The minimum Gasteiger partial charge on any atom is -0.313 e. The molecule has 0 atom stereocenters. The lowest BCUT2D eigenvalue weighted by atomic mass is 10.0. The highest BCUT2D eigenvalue weighted by Gasteiger charge is 2.04. The van der Waals surface area contributed by atoms with E-state index in [0.29, 0.717) is 5.92 Å². The van der Waals surface area contributed by atoms with Crippen LogP contribution in [0, 0.1) is 12.8 Å². The predicted octanol–water partition coefficient (Wildman–Crippen LogP) is 3.71. The summed E-state index contributed by atoms with van der Waals surface area (Å²) in [4.78, 5) is 1.40. The zero-order chi connectivity index (χ0) is 11.3. The molecular weight excluding hydrogens is 202 g/mol. The average molecular weight is 223 g/mol. The first-order valence-electron chi connectivity index (χ1n) is 5.60. The Kier molecular flexibility index (Phi) is 5.06. The summed E-state index contributed by atoms with van der Waals surface area (Å²) in [6.45, 7) is 10.9.